The molecule has 1 aliphatic carbocycles. The molecule has 1 aliphatic rings. The van der Waals surface area contributed by atoms with E-state index in [1.54, 1.807) is 12.1 Å². The number of benzene rings is 1. The fourth-order valence-corrected chi connectivity index (χ4v) is 2.21. The van der Waals surface area contributed by atoms with E-state index in [0.717, 1.165) is 30.4 Å². The van der Waals surface area contributed by atoms with E-state index < -0.39 is 11.9 Å². The predicted molar refractivity (Wildman–Crippen MR) is 56.0 cm³/mol. The lowest BCUT2D eigenvalue weighted by atomic mass is 9.92. The first-order chi connectivity index (χ1) is 7.18. The average Bonchev–Trinajstić information content (AvgIpc) is 2.39. The summed E-state index contributed by atoms with van der Waals surface area (Å²) in [6, 6.07) is 5.06. The second kappa shape index (κ2) is 3.93. The Balaban J connectivity index is 2.46. The van der Waals surface area contributed by atoms with Gasteiger partial charge < -0.3 is 10.2 Å². The molecule has 0 saturated carbocycles. The molecular weight excluding hydrogens is 192 g/mol. The SMILES string of the molecule is O=C(O)C1CCCCc2ccc(O)cc21. The van der Waals surface area contributed by atoms with Gasteiger partial charge in [-0.2, -0.15) is 0 Å². The first-order valence-electron chi connectivity index (χ1n) is 5.23. The second-order valence-corrected chi connectivity index (χ2v) is 4.02. The van der Waals surface area contributed by atoms with Gasteiger partial charge in [0.25, 0.3) is 0 Å². The summed E-state index contributed by atoms with van der Waals surface area (Å²) in [5.74, 6) is -1.08. The molecule has 0 bridgehead atoms. The van der Waals surface area contributed by atoms with Crippen LogP contribution in [-0.2, 0) is 11.2 Å². The highest BCUT2D eigenvalue weighted by Gasteiger charge is 2.24. The molecule has 15 heavy (non-hydrogen) atoms. The molecule has 0 aromatic heterocycles. The summed E-state index contributed by atoms with van der Waals surface area (Å²) in [6.45, 7) is 0. The van der Waals surface area contributed by atoms with Crippen LogP contribution in [0.5, 0.6) is 5.75 Å². The summed E-state index contributed by atoms with van der Waals surface area (Å²) in [5, 5.41) is 18.5. The number of aromatic hydroxyl groups is 1. The maximum atomic E-state index is 11.1. The zero-order valence-corrected chi connectivity index (χ0v) is 8.44. The van der Waals surface area contributed by atoms with Crippen LogP contribution in [0.4, 0.5) is 0 Å². The van der Waals surface area contributed by atoms with Crippen molar-refractivity contribution in [2.45, 2.75) is 31.6 Å². The zero-order chi connectivity index (χ0) is 10.8. The second-order valence-electron chi connectivity index (χ2n) is 4.02. The van der Waals surface area contributed by atoms with Crippen LogP contribution in [0.15, 0.2) is 18.2 Å². The molecular formula is C12H14O3. The number of carboxylic acids is 1. The minimum absolute atomic E-state index is 0.155. The molecule has 0 aliphatic heterocycles. The van der Waals surface area contributed by atoms with E-state index in [1.807, 2.05) is 6.07 Å². The molecule has 0 heterocycles. The number of aryl methyl sites for hydroxylation is 1. The fraction of sp³-hybridized carbons (Fsp3) is 0.417. The fourth-order valence-electron chi connectivity index (χ4n) is 2.21. The van der Waals surface area contributed by atoms with Crippen molar-refractivity contribution in [1.29, 1.82) is 0 Å². The smallest absolute Gasteiger partial charge is 0.310 e. The van der Waals surface area contributed by atoms with Crippen molar-refractivity contribution in [2.24, 2.45) is 0 Å². The molecule has 1 aromatic carbocycles. The van der Waals surface area contributed by atoms with Gasteiger partial charge >= 0.3 is 5.97 Å². The Morgan fingerprint density at radius 3 is 2.87 bits per heavy atom. The van der Waals surface area contributed by atoms with E-state index >= 15 is 0 Å². The molecule has 3 heteroatoms. The van der Waals surface area contributed by atoms with E-state index in [9.17, 15) is 9.90 Å². The normalized spacial score (nSPS) is 20.4. The maximum absolute atomic E-state index is 11.1. The van der Waals surface area contributed by atoms with Crippen molar-refractivity contribution in [3.63, 3.8) is 0 Å². The Bertz CT molecular complexity index is 384. The number of hydrogen-bond acceptors (Lipinski definition) is 2. The maximum Gasteiger partial charge on any atom is 0.310 e. The molecule has 1 unspecified atom stereocenters. The van der Waals surface area contributed by atoms with E-state index in [2.05, 4.69) is 0 Å². The lowest BCUT2D eigenvalue weighted by Gasteiger charge is -2.13. The molecule has 0 radical (unpaired) electrons. The Morgan fingerprint density at radius 2 is 2.13 bits per heavy atom. The summed E-state index contributed by atoms with van der Waals surface area (Å²) >= 11 is 0. The van der Waals surface area contributed by atoms with E-state index in [4.69, 9.17) is 5.11 Å². The quantitative estimate of drug-likeness (QED) is 0.693. The van der Waals surface area contributed by atoms with Crippen molar-refractivity contribution in [3.05, 3.63) is 29.3 Å². The Labute approximate surface area is 88.4 Å². The van der Waals surface area contributed by atoms with Gasteiger partial charge in [-0.05, 0) is 42.5 Å². The van der Waals surface area contributed by atoms with Crippen LogP contribution in [-0.4, -0.2) is 16.2 Å². The monoisotopic (exact) mass is 206 g/mol. The molecule has 2 rings (SSSR count). The molecule has 3 nitrogen and oxygen atoms in total. The minimum atomic E-state index is -0.788. The van der Waals surface area contributed by atoms with Crippen LogP contribution >= 0.6 is 0 Å². The third-order valence-corrected chi connectivity index (χ3v) is 2.99. The van der Waals surface area contributed by atoms with Gasteiger partial charge in [0, 0.05) is 0 Å². The molecule has 0 amide bonds. The van der Waals surface area contributed by atoms with Crippen molar-refractivity contribution >= 4 is 5.97 Å². The van der Waals surface area contributed by atoms with Gasteiger partial charge in [0.1, 0.15) is 5.75 Å². The molecule has 1 atom stereocenters. The summed E-state index contributed by atoms with van der Waals surface area (Å²) < 4.78 is 0. The van der Waals surface area contributed by atoms with Gasteiger partial charge in [0.2, 0.25) is 0 Å². The van der Waals surface area contributed by atoms with Crippen LogP contribution in [0.2, 0.25) is 0 Å². The lowest BCUT2D eigenvalue weighted by molar-refractivity contribution is -0.139. The van der Waals surface area contributed by atoms with Crippen LogP contribution in [0.25, 0.3) is 0 Å². The van der Waals surface area contributed by atoms with Crippen LogP contribution in [0, 0.1) is 0 Å². The van der Waals surface area contributed by atoms with E-state index in [1.165, 1.54) is 0 Å². The van der Waals surface area contributed by atoms with Crippen molar-refractivity contribution in [1.82, 2.24) is 0 Å². The number of aliphatic carboxylic acids is 1. The molecule has 80 valence electrons. The van der Waals surface area contributed by atoms with Gasteiger partial charge in [-0.15, -0.1) is 0 Å². The number of hydrogen-bond donors (Lipinski definition) is 2. The summed E-state index contributed by atoms with van der Waals surface area (Å²) in [4.78, 5) is 11.1. The largest absolute Gasteiger partial charge is 0.508 e. The third kappa shape index (κ3) is 1.96. The highest BCUT2D eigenvalue weighted by atomic mass is 16.4. The van der Waals surface area contributed by atoms with Crippen molar-refractivity contribution in [3.8, 4) is 5.75 Å². The van der Waals surface area contributed by atoms with Crippen LogP contribution < -0.4 is 0 Å². The topological polar surface area (TPSA) is 57.5 Å². The lowest BCUT2D eigenvalue weighted by Crippen LogP contribution is -2.11. The van der Waals surface area contributed by atoms with Gasteiger partial charge in [0.15, 0.2) is 0 Å². The summed E-state index contributed by atoms with van der Waals surface area (Å²) in [7, 11) is 0. The third-order valence-electron chi connectivity index (χ3n) is 2.99. The molecule has 0 spiro atoms. The average molecular weight is 206 g/mol. The first kappa shape index (κ1) is 10.0. The van der Waals surface area contributed by atoms with Crippen molar-refractivity contribution < 1.29 is 15.0 Å². The molecule has 2 N–H and O–H groups in total. The first-order valence-corrected chi connectivity index (χ1v) is 5.23. The number of phenolic OH excluding ortho intramolecular Hbond substituents is 1. The van der Waals surface area contributed by atoms with Gasteiger partial charge in [-0.3, -0.25) is 4.79 Å². The highest BCUT2D eigenvalue weighted by molar-refractivity contribution is 5.77. The number of carboxylic acid groups (broad SMARTS) is 1. The Hall–Kier alpha value is -1.51. The summed E-state index contributed by atoms with van der Waals surface area (Å²) in [5.41, 5.74) is 1.86. The van der Waals surface area contributed by atoms with Crippen molar-refractivity contribution in [2.75, 3.05) is 0 Å². The number of rotatable bonds is 1. The van der Waals surface area contributed by atoms with Crippen LogP contribution in [0.3, 0.4) is 0 Å². The minimum Gasteiger partial charge on any atom is -0.508 e. The van der Waals surface area contributed by atoms with Gasteiger partial charge in [0.05, 0.1) is 5.92 Å². The molecule has 0 fully saturated rings. The van der Waals surface area contributed by atoms with E-state index in [-0.39, 0.29) is 5.75 Å². The highest BCUT2D eigenvalue weighted by Crippen LogP contribution is 2.32. The molecule has 0 saturated heterocycles. The zero-order valence-electron chi connectivity index (χ0n) is 8.44. The number of carbonyl (C=O) groups is 1. The van der Waals surface area contributed by atoms with Gasteiger partial charge in [-0.1, -0.05) is 12.5 Å². The number of phenols is 1. The standard InChI is InChI=1S/C12H14O3/c13-9-6-5-8-3-1-2-4-10(12(14)15)11(8)7-9/h5-7,10,13H,1-4H2,(H,14,15). The predicted octanol–water partition coefficient (Wildman–Crippen LogP) is 2.29. The summed E-state index contributed by atoms with van der Waals surface area (Å²) in [6.07, 6.45) is 3.55. The van der Waals surface area contributed by atoms with E-state index in [0.29, 0.717) is 6.42 Å². The Morgan fingerprint density at radius 1 is 1.33 bits per heavy atom. The van der Waals surface area contributed by atoms with Crippen LogP contribution in [0.1, 0.15) is 36.3 Å². The van der Waals surface area contributed by atoms with Gasteiger partial charge in [-0.25, -0.2) is 0 Å². The Kier molecular flexibility index (Phi) is 2.62. The number of fused-ring (bicyclic) bond motifs is 1. The molecule has 1 aromatic rings.